The lowest BCUT2D eigenvalue weighted by Crippen LogP contribution is -2.49. The molecule has 1 aliphatic heterocycles. The van der Waals surface area contributed by atoms with Crippen LogP contribution in [-0.2, 0) is 7.05 Å². The van der Waals surface area contributed by atoms with Gasteiger partial charge in [0.1, 0.15) is 17.3 Å². The van der Waals surface area contributed by atoms with Crippen LogP contribution < -0.4 is 4.90 Å². The fourth-order valence-electron chi connectivity index (χ4n) is 3.51. The van der Waals surface area contributed by atoms with Gasteiger partial charge in [0.25, 0.3) is 5.91 Å². The van der Waals surface area contributed by atoms with E-state index in [0.717, 1.165) is 16.6 Å². The van der Waals surface area contributed by atoms with Crippen molar-refractivity contribution < 1.29 is 13.6 Å². The van der Waals surface area contributed by atoms with Crippen molar-refractivity contribution in [2.45, 2.75) is 0 Å². The molecule has 0 spiro atoms. The summed E-state index contributed by atoms with van der Waals surface area (Å²) < 4.78 is 28.3. The van der Waals surface area contributed by atoms with Crippen molar-refractivity contribution in [3.63, 3.8) is 0 Å². The monoisotopic (exact) mass is 355 g/mol. The Bertz CT molecular complexity index is 957. The average Bonchev–Trinajstić information content (AvgIpc) is 2.98. The first-order valence-corrected chi connectivity index (χ1v) is 8.58. The smallest absolute Gasteiger partial charge is 0.270 e. The molecular formula is C20H19F2N3O. The second kappa shape index (κ2) is 6.44. The molecule has 0 unspecified atom stereocenters. The first-order chi connectivity index (χ1) is 12.5. The van der Waals surface area contributed by atoms with E-state index in [1.54, 1.807) is 24.3 Å². The lowest BCUT2D eigenvalue weighted by Gasteiger charge is -2.36. The highest BCUT2D eigenvalue weighted by Gasteiger charge is 2.24. The van der Waals surface area contributed by atoms with Crippen LogP contribution in [0.2, 0.25) is 0 Å². The molecule has 134 valence electrons. The van der Waals surface area contributed by atoms with Gasteiger partial charge in [-0.25, -0.2) is 8.78 Å². The van der Waals surface area contributed by atoms with Crippen LogP contribution in [0.5, 0.6) is 0 Å². The van der Waals surface area contributed by atoms with E-state index < -0.39 is 0 Å². The number of carbonyl (C=O) groups is 1. The zero-order valence-corrected chi connectivity index (χ0v) is 14.5. The molecule has 2 aromatic carbocycles. The van der Waals surface area contributed by atoms with Crippen molar-refractivity contribution in [1.82, 2.24) is 9.47 Å². The molecule has 0 saturated carbocycles. The molecule has 26 heavy (non-hydrogen) atoms. The van der Waals surface area contributed by atoms with Crippen molar-refractivity contribution in [3.05, 3.63) is 65.9 Å². The predicted molar refractivity (Wildman–Crippen MR) is 97.4 cm³/mol. The van der Waals surface area contributed by atoms with E-state index in [-0.39, 0.29) is 17.5 Å². The SMILES string of the molecule is Cn1c(C(=O)N2CCN(c3ccc(F)cc3)CC2)cc2cc(F)ccc21. The minimum absolute atomic E-state index is 0.0529. The number of hydrogen-bond donors (Lipinski definition) is 0. The maximum Gasteiger partial charge on any atom is 0.270 e. The van der Waals surface area contributed by atoms with Crippen molar-refractivity contribution >= 4 is 22.5 Å². The molecule has 0 radical (unpaired) electrons. The van der Waals surface area contributed by atoms with Crippen LogP contribution in [0.4, 0.5) is 14.5 Å². The molecule has 4 nitrogen and oxygen atoms in total. The van der Waals surface area contributed by atoms with Gasteiger partial charge in [0.05, 0.1) is 0 Å². The predicted octanol–water partition coefficient (Wildman–Crippen LogP) is 3.42. The number of piperazine rings is 1. The van der Waals surface area contributed by atoms with Gasteiger partial charge in [-0.2, -0.15) is 0 Å². The quantitative estimate of drug-likeness (QED) is 0.705. The van der Waals surface area contributed by atoms with Crippen LogP contribution in [0, 0.1) is 11.6 Å². The topological polar surface area (TPSA) is 28.5 Å². The molecule has 1 fully saturated rings. The third-order valence-corrected chi connectivity index (χ3v) is 4.98. The standard InChI is InChI=1S/C20H19F2N3O/c1-23-18-7-4-16(22)12-14(18)13-19(23)20(26)25-10-8-24(9-11-25)17-5-2-15(21)3-6-17/h2-7,12-13H,8-11H2,1H3. The van der Waals surface area contributed by atoms with Crippen LogP contribution in [0.25, 0.3) is 10.9 Å². The minimum Gasteiger partial charge on any atom is -0.368 e. The third kappa shape index (κ3) is 2.92. The van der Waals surface area contributed by atoms with Gasteiger partial charge in [-0.05, 0) is 48.5 Å². The highest BCUT2D eigenvalue weighted by Crippen LogP contribution is 2.22. The lowest BCUT2D eigenvalue weighted by atomic mass is 10.2. The summed E-state index contributed by atoms with van der Waals surface area (Å²) in [5.74, 6) is -0.618. The molecule has 0 aliphatic carbocycles. The molecule has 1 aliphatic rings. The van der Waals surface area contributed by atoms with Crippen LogP contribution in [0.3, 0.4) is 0 Å². The highest BCUT2D eigenvalue weighted by molar-refractivity contribution is 5.98. The van der Waals surface area contributed by atoms with Gasteiger partial charge in [0.15, 0.2) is 0 Å². The van der Waals surface area contributed by atoms with E-state index >= 15 is 0 Å². The average molecular weight is 355 g/mol. The molecule has 1 aromatic heterocycles. The van der Waals surface area contributed by atoms with Gasteiger partial charge in [-0.15, -0.1) is 0 Å². The fourth-order valence-corrected chi connectivity index (χ4v) is 3.51. The van der Waals surface area contributed by atoms with Gasteiger partial charge in [0, 0.05) is 49.8 Å². The number of hydrogen-bond acceptors (Lipinski definition) is 2. The Labute approximate surface area is 150 Å². The third-order valence-electron chi connectivity index (χ3n) is 4.98. The summed E-state index contributed by atoms with van der Waals surface area (Å²) >= 11 is 0. The summed E-state index contributed by atoms with van der Waals surface area (Å²) in [6.07, 6.45) is 0. The Morgan fingerprint density at radius 3 is 2.23 bits per heavy atom. The molecule has 3 aromatic rings. The number of benzene rings is 2. The summed E-state index contributed by atoms with van der Waals surface area (Å²) in [5.41, 5.74) is 2.35. The Kier molecular flexibility index (Phi) is 4.11. The van der Waals surface area contributed by atoms with E-state index in [1.807, 2.05) is 16.5 Å². The maximum absolute atomic E-state index is 13.4. The van der Waals surface area contributed by atoms with Crippen molar-refractivity contribution in [3.8, 4) is 0 Å². The largest absolute Gasteiger partial charge is 0.368 e. The minimum atomic E-state index is -0.310. The number of rotatable bonds is 2. The Morgan fingerprint density at radius 2 is 1.54 bits per heavy atom. The van der Waals surface area contributed by atoms with E-state index in [4.69, 9.17) is 0 Å². The van der Waals surface area contributed by atoms with Crippen LogP contribution in [-0.4, -0.2) is 41.6 Å². The molecule has 1 saturated heterocycles. The normalized spacial score (nSPS) is 14.9. The number of amides is 1. The van der Waals surface area contributed by atoms with Crippen molar-refractivity contribution in [1.29, 1.82) is 0 Å². The number of fused-ring (bicyclic) bond motifs is 1. The second-order valence-electron chi connectivity index (χ2n) is 6.55. The first-order valence-electron chi connectivity index (χ1n) is 8.58. The van der Waals surface area contributed by atoms with Gasteiger partial charge in [-0.1, -0.05) is 0 Å². The molecule has 1 amide bonds. The highest BCUT2D eigenvalue weighted by atomic mass is 19.1. The fraction of sp³-hybridized carbons (Fsp3) is 0.250. The molecule has 0 bridgehead atoms. The van der Waals surface area contributed by atoms with Crippen LogP contribution in [0.1, 0.15) is 10.5 Å². The summed E-state index contributed by atoms with van der Waals surface area (Å²) in [5, 5.41) is 0.723. The van der Waals surface area contributed by atoms with E-state index in [9.17, 15) is 13.6 Å². The van der Waals surface area contributed by atoms with Crippen LogP contribution in [0.15, 0.2) is 48.5 Å². The summed E-state index contributed by atoms with van der Waals surface area (Å²) in [4.78, 5) is 16.9. The zero-order chi connectivity index (χ0) is 18.3. The number of halogens is 2. The molecule has 4 rings (SSSR count). The van der Waals surface area contributed by atoms with Gasteiger partial charge < -0.3 is 14.4 Å². The van der Waals surface area contributed by atoms with Crippen molar-refractivity contribution in [2.75, 3.05) is 31.1 Å². The molecule has 0 atom stereocenters. The van der Waals surface area contributed by atoms with E-state index in [0.29, 0.717) is 31.9 Å². The second-order valence-corrected chi connectivity index (χ2v) is 6.55. The van der Waals surface area contributed by atoms with Gasteiger partial charge in [0.2, 0.25) is 0 Å². The van der Waals surface area contributed by atoms with Crippen LogP contribution >= 0.6 is 0 Å². The van der Waals surface area contributed by atoms with E-state index in [1.165, 1.54) is 24.3 Å². The summed E-state index contributed by atoms with van der Waals surface area (Å²) in [7, 11) is 1.82. The first kappa shape index (κ1) is 16.6. The summed E-state index contributed by atoms with van der Waals surface area (Å²) in [6, 6.07) is 12.7. The number of aryl methyl sites for hydroxylation is 1. The zero-order valence-electron chi connectivity index (χ0n) is 14.5. The summed E-state index contributed by atoms with van der Waals surface area (Å²) in [6.45, 7) is 2.56. The van der Waals surface area contributed by atoms with E-state index in [2.05, 4.69) is 4.90 Å². The molecular weight excluding hydrogens is 336 g/mol. The number of aromatic nitrogens is 1. The van der Waals surface area contributed by atoms with Gasteiger partial charge in [-0.3, -0.25) is 4.79 Å². The Balaban J connectivity index is 1.50. The maximum atomic E-state index is 13.4. The number of nitrogens with zero attached hydrogens (tertiary/aromatic N) is 3. The lowest BCUT2D eigenvalue weighted by molar-refractivity contribution is 0.0737. The number of anilines is 1. The van der Waals surface area contributed by atoms with Crippen molar-refractivity contribution in [2.24, 2.45) is 7.05 Å². The molecule has 0 N–H and O–H groups in total. The Morgan fingerprint density at radius 1 is 0.885 bits per heavy atom. The molecule has 6 heteroatoms. The van der Waals surface area contributed by atoms with Gasteiger partial charge >= 0.3 is 0 Å². The number of carbonyl (C=O) groups excluding carboxylic acids is 1. The molecule has 2 heterocycles. The Hall–Kier alpha value is -2.89.